The van der Waals surface area contributed by atoms with Crippen LogP contribution in [0.4, 0.5) is 0 Å². The van der Waals surface area contributed by atoms with E-state index < -0.39 is 17.8 Å². The third kappa shape index (κ3) is 5.32. The van der Waals surface area contributed by atoms with Gasteiger partial charge in [-0.25, -0.2) is 0 Å². The van der Waals surface area contributed by atoms with Crippen LogP contribution in [-0.2, 0) is 0 Å². The van der Waals surface area contributed by atoms with Crippen LogP contribution in [0.25, 0.3) is 0 Å². The summed E-state index contributed by atoms with van der Waals surface area (Å²) >= 11 is 1.97. The molecule has 0 amide bonds. The van der Waals surface area contributed by atoms with Gasteiger partial charge in [-0.2, -0.15) is 11.8 Å². The molecular formula is C26H40O3S. The summed E-state index contributed by atoms with van der Waals surface area (Å²) in [6.45, 7) is 12.6. The largest absolute Gasteiger partial charge is 0.393 e. The van der Waals surface area contributed by atoms with Crippen molar-refractivity contribution < 1.29 is 15.3 Å². The number of aliphatic hydroxyl groups is 3. The van der Waals surface area contributed by atoms with Crippen LogP contribution >= 0.6 is 11.8 Å². The second kappa shape index (κ2) is 9.36. The monoisotopic (exact) mass is 432 g/mol. The molecule has 0 saturated heterocycles. The van der Waals surface area contributed by atoms with Crippen LogP contribution in [0.15, 0.2) is 47.1 Å². The van der Waals surface area contributed by atoms with Crippen LogP contribution in [0.1, 0.15) is 72.6 Å². The topological polar surface area (TPSA) is 60.7 Å². The van der Waals surface area contributed by atoms with Crippen molar-refractivity contribution in [1.29, 1.82) is 0 Å². The minimum absolute atomic E-state index is 0.215. The number of rotatable bonds is 6. The molecule has 2 saturated carbocycles. The average molecular weight is 433 g/mol. The number of thioether (sulfide) groups is 1. The van der Waals surface area contributed by atoms with Gasteiger partial charge in [0.05, 0.1) is 17.8 Å². The summed E-state index contributed by atoms with van der Waals surface area (Å²) in [4.78, 5) is 0. The van der Waals surface area contributed by atoms with E-state index in [1.165, 1.54) is 18.4 Å². The van der Waals surface area contributed by atoms with E-state index >= 15 is 0 Å². The molecule has 5 atom stereocenters. The van der Waals surface area contributed by atoms with Gasteiger partial charge in [-0.15, -0.1) is 0 Å². The summed E-state index contributed by atoms with van der Waals surface area (Å²) in [5.74, 6) is 1.52. The summed E-state index contributed by atoms with van der Waals surface area (Å²) in [6.07, 6.45) is 12.2. The molecule has 3 aliphatic carbocycles. The van der Waals surface area contributed by atoms with Gasteiger partial charge in [-0.1, -0.05) is 42.9 Å². The van der Waals surface area contributed by atoms with Crippen LogP contribution in [0.3, 0.4) is 0 Å². The van der Waals surface area contributed by atoms with Gasteiger partial charge in [0.15, 0.2) is 0 Å². The summed E-state index contributed by atoms with van der Waals surface area (Å²) in [6, 6.07) is 0. The van der Waals surface area contributed by atoms with Gasteiger partial charge >= 0.3 is 0 Å². The first kappa shape index (κ1) is 23.8. The molecule has 4 heteroatoms. The first-order chi connectivity index (χ1) is 14.0. The zero-order valence-electron chi connectivity index (χ0n) is 19.2. The molecule has 3 N–H and O–H groups in total. The minimum atomic E-state index is -0.628. The Bertz CT molecular complexity index is 742. The van der Waals surface area contributed by atoms with E-state index in [-0.39, 0.29) is 5.41 Å². The quantitative estimate of drug-likeness (QED) is 0.497. The first-order valence-corrected chi connectivity index (χ1v) is 12.6. The molecule has 0 spiro atoms. The van der Waals surface area contributed by atoms with Crippen LogP contribution in [0.5, 0.6) is 0 Å². The van der Waals surface area contributed by atoms with Gasteiger partial charge < -0.3 is 15.3 Å². The lowest BCUT2D eigenvalue weighted by Crippen LogP contribution is -2.33. The highest BCUT2D eigenvalue weighted by Gasteiger charge is 2.46. The molecule has 0 aromatic heterocycles. The molecular weight excluding hydrogens is 392 g/mol. The van der Waals surface area contributed by atoms with E-state index in [0.29, 0.717) is 24.0 Å². The number of allylic oxidation sites excluding steroid dienone is 4. The standard InChI is InChI=1S/C26H40O3S/c1-17-20(15-21(27)16-24(17)28)9-8-19-7-6-12-26(5)22(10-11-23(19)26)18(2)30-14-13-25(3,4)29/h8-10,18,21,23-24,27-29H,1,6-7,11-16H2,2-5H3/t18-,21+,23-,24-,26+/m0/s1. The summed E-state index contributed by atoms with van der Waals surface area (Å²) in [7, 11) is 0. The lowest BCUT2D eigenvalue weighted by atomic mass is 9.64. The van der Waals surface area contributed by atoms with Gasteiger partial charge in [0, 0.05) is 11.7 Å². The van der Waals surface area contributed by atoms with E-state index in [9.17, 15) is 15.3 Å². The van der Waals surface area contributed by atoms with Crippen LogP contribution in [0.2, 0.25) is 0 Å². The van der Waals surface area contributed by atoms with Crippen molar-refractivity contribution >= 4 is 11.8 Å². The van der Waals surface area contributed by atoms with Crippen molar-refractivity contribution in [3.63, 3.8) is 0 Å². The van der Waals surface area contributed by atoms with Gasteiger partial charge in [-0.3, -0.25) is 0 Å². The predicted octanol–water partition coefficient (Wildman–Crippen LogP) is 5.33. The SMILES string of the molecule is C=C1C(=CC=C2CCC[C@]3(C)C([C@H](C)SCCC(C)(C)O)=CC[C@@H]23)C[C@@H](O)C[C@@H]1O. The van der Waals surface area contributed by atoms with Crippen molar-refractivity contribution in [2.24, 2.45) is 11.3 Å². The normalized spacial score (nSPS) is 36.2. The Morgan fingerprint density at radius 3 is 2.77 bits per heavy atom. The van der Waals surface area contributed by atoms with E-state index in [2.05, 4.69) is 38.7 Å². The van der Waals surface area contributed by atoms with Crippen molar-refractivity contribution in [2.75, 3.05) is 5.75 Å². The Labute approximate surface area is 187 Å². The molecule has 0 unspecified atom stereocenters. The third-order valence-corrected chi connectivity index (χ3v) is 8.59. The van der Waals surface area contributed by atoms with Crippen LogP contribution < -0.4 is 0 Å². The highest BCUT2D eigenvalue weighted by atomic mass is 32.2. The van der Waals surface area contributed by atoms with Gasteiger partial charge in [0.1, 0.15) is 0 Å². The molecule has 3 nitrogen and oxygen atoms in total. The maximum atomic E-state index is 10.1. The zero-order valence-corrected chi connectivity index (χ0v) is 20.0. The highest BCUT2D eigenvalue weighted by molar-refractivity contribution is 8.00. The maximum Gasteiger partial charge on any atom is 0.0811 e. The fraction of sp³-hybridized carbons (Fsp3) is 0.692. The lowest BCUT2D eigenvalue weighted by molar-refractivity contribution is 0.0777. The fourth-order valence-electron chi connectivity index (χ4n) is 5.52. The maximum absolute atomic E-state index is 10.1. The molecule has 0 aromatic rings. The van der Waals surface area contributed by atoms with E-state index in [1.807, 2.05) is 25.6 Å². The third-order valence-electron chi connectivity index (χ3n) is 7.40. The fourth-order valence-corrected chi connectivity index (χ4v) is 7.04. The summed E-state index contributed by atoms with van der Waals surface area (Å²) in [5, 5.41) is 30.6. The Morgan fingerprint density at radius 2 is 2.07 bits per heavy atom. The molecule has 168 valence electrons. The highest BCUT2D eigenvalue weighted by Crippen LogP contribution is 2.56. The summed E-state index contributed by atoms with van der Waals surface area (Å²) in [5.41, 5.74) is 4.45. The molecule has 30 heavy (non-hydrogen) atoms. The summed E-state index contributed by atoms with van der Waals surface area (Å²) < 4.78 is 0. The smallest absolute Gasteiger partial charge is 0.0811 e. The van der Waals surface area contributed by atoms with E-state index in [1.54, 1.807) is 5.57 Å². The Morgan fingerprint density at radius 1 is 1.33 bits per heavy atom. The van der Waals surface area contributed by atoms with Crippen LogP contribution in [-0.4, -0.2) is 44.1 Å². The second-order valence-electron chi connectivity index (χ2n) is 10.4. The number of hydrogen-bond acceptors (Lipinski definition) is 4. The van der Waals surface area contributed by atoms with E-state index in [0.717, 1.165) is 36.2 Å². The van der Waals surface area contributed by atoms with Crippen molar-refractivity contribution in [2.45, 2.75) is 95.7 Å². The molecule has 0 radical (unpaired) electrons. The van der Waals surface area contributed by atoms with Crippen molar-refractivity contribution in [1.82, 2.24) is 0 Å². The first-order valence-electron chi connectivity index (χ1n) is 11.5. The van der Waals surface area contributed by atoms with Crippen molar-refractivity contribution in [3.8, 4) is 0 Å². The Balaban J connectivity index is 1.71. The number of hydrogen-bond donors (Lipinski definition) is 3. The zero-order chi connectivity index (χ0) is 22.1. The predicted molar refractivity (Wildman–Crippen MR) is 128 cm³/mol. The molecule has 2 fully saturated rings. The Hall–Kier alpha value is -0.810. The van der Waals surface area contributed by atoms with Crippen LogP contribution in [0, 0.1) is 11.3 Å². The molecule has 3 aliphatic rings. The van der Waals surface area contributed by atoms with Gasteiger partial charge in [0.25, 0.3) is 0 Å². The molecule has 0 aromatic carbocycles. The molecule has 0 heterocycles. The Kier molecular flexibility index (Phi) is 7.44. The molecule has 0 aliphatic heterocycles. The van der Waals surface area contributed by atoms with E-state index in [4.69, 9.17) is 0 Å². The number of fused-ring (bicyclic) bond motifs is 1. The van der Waals surface area contributed by atoms with Crippen molar-refractivity contribution in [3.05, 3.63) is 47.1 Å². The lowest BCUT2D eigenvalue weighted by Gasteiger charge is -2.42. The second-order valence-corrected chi connectivity index (χ2v) is 11.8. The van der Waals surface area contributed by atoms with Gasteiger partial charge in [0.2, 0.25) is 0 Å². The minimum Gasteiger partial charge on any atom is -0.393 e. The number of aliphatic hydroxyl groups excluding tert-OH is 2. The molecule has 0 bridgehead atoms. The average Bonchev–Trinajstić information content (AvgIpc) is 3.00. The molecule has 3 rings (SSSR count). The van der Waals surface area contributed by atoms with Gasteiger partial charge in [-0.05, 0) is 87.5 Å².